The number of aromatic nitrogens is 1. The van der Waals surface area contributed by atoms with E-state index in [4.69, 9.17) is 16.5 Å². The molecular formula is C26H31N3O2S. The highest BCUT2D eigenvalue weighted by atomic mass is 32.2. The van der Waals surface area contributed by atoms with Crippen molar-refractivity contribution in [3.63, 3.8) is 0 Å². The van der Waals surface area contributed by atoms with Crippen molar-refractivity contribution in [3.05, 3.63) is 82.2 Å². The number of rotatable bonds is 9. The summed E-state index contributed by atoms with van der Waals surface area (Å²) < 4.78 is 0. The third kappa shape index (κ3) is 5.38. The van der Waals surface area contributed by atoms with E-state index >= 15 is 0 Å². The van der Waals surface area contributed by atoms with E-state index in [1.54, 1.807) is 12.1 Å². The lowest BCUT2D eigenvalue weighted by atomic mass is 9.90. The van der Waals surface area contributed by atoms with E-state index < -0.39 is 5.97 Å². The Kier molecular flexibility index (Phi) is 8.07. The predicted molar refractivity (Wildman–Crippen MR) is 132 cm³/mol. The van der Waals surface area contributed by atoms with Crippen LogP contribution in [0.5, 0.6) is 0 Å². The highest BCUT2D eigenvalue weighted by Crippen LogP contribution is 2.36. The molecule has 0 bridgehead atoms. The molecule has 6 heteroatoms. The van der Waals surface area contributed by atoms with Gasteiger partial charge in [0.05, 0.1) is 5.56 Å². The van der Waals surface area contributed by atoms with E-state index in [1.165, 1.54) is 11.8 Å². The summed E-state index contributed by atoms with van der Waals surface area (Å²) in [4.78, 5) is 17.3. The molecule has 0 amide bonds. The Morgan fingerprint density at radius 2 is 1.72 bits per heavy atom. The third-order valence-electron chi connectivity index (χ3n) is 5.46. The summed E-state index contributed by atoms with van der Waals surface area (Å²) in [6.45, 7) is 7.28. The summed E-state index contributed by atoms with van der Waals surface area (Å²) in [6.07, 6.45) is 0.858. The highest BCUT2D eigenvalue weighted by Gasteiger charge is 2.20. The van der Waals surface area contributed by atoms with Crippen molar-refractivity contribution in [1.82, 2.24) is 4.98 Å². The molecule has 0 aliphatic heterocycles. The van der Waals surface area contributed by atoms with Crippen molar-refractivity contribution in [1.29, 1.82) is 0 Å². The van der Waals surface area contributed by atoms with Crippen molar-refractivity contribution in [3.8, 4) is 11.1 Å². The number of pyridine rings is 1. The van der Waals surface area contributed by atoms with Crippen molar-refractivity contribution < 1.29 is 9.90 Å². The van der Waals surface area contributed by atoms with Gasteiger partial charge in [0.25, 0.3) is 0 Å². The minimum atomic E-state index is -0.921. The average molecular weight is 450 g/mol. The van der Waals surface area contributed by atoms with E-state index in [1.807, 2.05) is 31.2 Å². The molecule has 1 heterocycles. The summed E-state index contributed by atoms with van der Waals surface area (Å²) in [7, 11) is 0. The van der Waals surface area contributed by atoms with Gasteiger partial charge in [-0.05, 0) is 59.2 Å². The quantitative estimate of drug-likeness (QED) is 0.390. The predicted octanol–water partition coefficient (Wildman–Crippen LogP) is 5.16. The lowest BCUT2D eigenvalue weighted by Gasteiger charge is -2.21. The van der Waals surface area contributed by atoms with Gasteiger partial charge in [0.2, 0.25) is 0 Å². The van der Waals surface area contributed by atoms with Crippen molar-refractivity contribution >= 4 is 17.7 Å². The maximum Gasteiger partial charge on any atom is 0.336 e. The van der Waals surface area contributed by atoms with E-state index in [0.29, 0.717) is 30.3 Å². The number of hydrogen-bond donors (Lipinski definition) is 3. The molecule has 3 aromatic rings. The molecule has 0 atom stereocenters. The molecule has 1 aromatic heterocycles. The van der Waals surface area contributed by atoms with Crippen LogP contribution in [0.3, 0.4) is 0 Å². The number of nitrogens with two attached hydrogens (primary N) is 2. The number of carboxylic acids is 1. The molecule has 3 rings (SSSR count). The first-order valence-electron chi connectivity index (χ1n) is 10.8. The zero-order chi connectivity index (χ0) is 23.3. The molecule has 0 saturated carbocycles. The van der Waals surface area contributed by atoms with Crippen LogP contribution in [0.4, 0.5) is 0 Å². The zero-order valence-corrected chi connectivity index (χ0v) is 19.7. The van der Waals surface area contributed by atoms with Crippen LogP contribution in [0.25, 0.3) is 11.1 Å². The molecule has 0 fully saturated rings. The number of aryl methyl sites for hydroxylation is 1. The van der Waals surface area contributed by atoms with Gasteiger partial charge in [-0.3, -0.25) is 4.98 Å². The van der Waals surface area contributed by atoms with Crippen LogP contribution in [0.15, 0.2) is 53.4 Å². The van der Waals surface area contributed by atoms with E-state index in [9.17, 15) is 9.90 Å². The van der Waals surface area contributed by atoms with Crippen LogP contribution in [0.2, 0.25) is 0 Å². The Morgan fingerprint density at radius 3 is 2.31 bits per heavy atom. The van der Waals surface area contributed by atoms with Crippen LogP contribution >= 0.6 is 11.8 Å². The molecule has 0 radical (unpaired) electrons. The smallest absolute Gasteiger partial charge is 0.336 e. The minimum Gasteiger partial charge on any atom is -0.478 e. The fourth-order valence-corrected chi connectivity index (χ4v) is 5.01. The molecule has 2 aromatic carbocycles. The second kappa shape index (κ2) is 10.8. The Hall–Kier alpha value is -2.67. The van der Waals surface area contributed by atoms with Gasteiger partial charge in [-0.2, -0.15) is 0 Å². The van der Waals surface area contributed by atoms with Crippen LogP contribution in [0.1, 0.15) is 52.3 Å². The van der Waals surface area contributed by atoms with Crippen molar-refractivity contribution in [2.45, 2.75) is 50.9 Å². The monoisotopic (exact) mass is 449 g/mol. The third-order valence-corrected chi connectivity index (χ3v) is 6.56. The van der Waals surface area contributed by atoms with Gasteiger partial charge in [-0.25, -0.2) is 4.79 Å². The second-order valence-electron chi connectivity index (χ2n) is 8.27. The van der Waals surface area contributed by atoms with Crippen LogP contribution in [0, 0.1) is 12.8 Å². The summed E-state index contributed by atoms with van der Waals surface area (Å²) in [5, 5.41) is 9.55. The Labute approximate surface area is 194 Å². The van der Waals surface area contributed by atoms with Gasteiger partial charge in [0.1, 0.15) is 0 Å². The number of carboxylic acid groups (broad SMARTS) is 1. The maximum atomic E-state index is 11.6. The largest absolute Gasteiger partial charge is 0.478 e. The van der Waals surface area contributed by atoms with Gasteiger partial charge in [-0.1, -0.05) is 50.2 Å². The van der Waals surface area contributed by atoms with E-state index in [0.717, 1.165) is 50.5 Å². The van der Waals surface area contributed by atoms with Crippen LogP contribution in [-0.4, -0.2) is 16.1 Å². The molecule has 168 valence electrons. The molecule has 5 N–H and O–H groups in total. The molecule has 32 heavy (non-hydrogen) atoms. The Morgan fingerprint density at radius 1 is 1.03 bits per heavy atom. The Balaban J connectivity index is 2.12. The summed E-state index contributed by atoms with van der Waals surface area (Å²) in [5.74, 6) is 0.143. The van der Waals surface area contributed by atoms with Crippen molar-refractivity contribution in [2.24, 2.45) is 17.4 Å². The Bertz CT molecular complexity index is 1090. The summed E-state index contributed by atoms with van der Waals surface area (Å²) in [6, 6.07) is 15.4. The maximum absolute atomic E-state index is 11.6. The molecular weight excluding hydrogens is 418 g/mol. The van der Waals surface area contributed by atoms with Gasteiger partial charge < -0.3 is 16.6 Å². The number of aromatic carboxylic acids is 1. The minimum absolute atomic E-state index is 0.312. The number of benzene rings is 2. The first kappa shape index (κ1) is 24.0. The normalized spacial score (nSPS) is 11.2. The van der Waals surface area contributed by atoms with Crippen LogP contribution < -0.4 is 11.5 Å². The zero-order valence-electron chi connectivity index (χ0n) is 18.9. The lowest BCUT2D eigenvalue weighted by Crippen LogP contribution is -2.13. The first-order valence-corrected chi connectivity index (χ1v) is 11.8. The summed E-state index contributed by atoms with van der Waals surface area (Å²) >= 11 is 1.52. The number of carbonyl (C=O) groups is 1. The van der Waals surface area contributed by atoms with Crippen LogP contribution in [-0.2, 0) is 25.3 Å². The molecule has 5 nitrogen and oxygen atoms in total. The lowest BCUT2D eigenvalue weighted by molar-refractivity contribution is 0.0693. The molecule has 0 aliphatic rings. The molecule has 0 aliphatic carbocycles. The van der Waals surface area contributed by atoms with E-state index in [-0.39, 0.29) is 0 Å². The highest BCUT2D eigenvalue weighted by molar-refractivity contribution is 7.98. The number of hydrogen-bond acceptors (Lipinski definition) is 5. The van der Waals surface area contributed by atoms with Gasteiger partial charge in [0.15, 0.2) is 0 Å². The molecule has 0 saturated heterocycles. The fraction of sp³-hybridized carbons (Fsp3) is 0.308. The van der Waals surface area contributed by atoms with Gasteiger partial charge >= 0.3 is 5.97 Å². The van der Waals surface area contributed by atoms with Gasteiger partial charge in [-0.15, -0.1) is 11.8 Å². The number of nitrogens with zero attached hydrogens (tertiary/aromatic N) is 1. The summed E-state index contributed by atoms with van der Waals surface area (Å²) in [5.41, 5.74) is 19.8. The average Bonchev–Trinajstić information content (AvgIpc) is 2.78. The van der Waals surface area contributed by atoms with Crippen molar-refractivity contribution in [2.75, 3.05) is 0 Å². The fourth-order valence-electron chi connectivity index (χ4n) is 3.87. The second-order valence-corrected chi connectivity index (χ2v) is 9.29. The topological polar surface area (TPSA) is 102 Å². The van der Waals surface area contributed by atoms with Gasteiger partial charge in [0, 0.05) is 35.1 Å². The molecule has 0 unspecified atom stereocenters. The first-order chi connectivity index (χ1) is 15.3. The van der Waals surface area contributed by atoms with E-state index in [2.05, 4.69) is 26.0 Å². The molecule has 0 spiro atoms. The number of thioether (sulfide) groups is 1. The SMILES string of the molecule is Cc1nc(CC(C)C)c(CN)c(-c2ccc(CN)cc2)c1CSc1ccccc1C(=O)O. The standard InChI is InChI=1S/C26H31N3O2S/c1-16(2)12-23-21(14-28)25(19-10-8-18(13-27)9-11-19)22(17(3)29-23)15-32-24-7-5-4-6-20(24)26(30)31/h4-11,16H,12-15,27-28H2,1-3H3,(H,30,31).